The molecule has 5 heteroatoms. The van der Waals surface area contributed by atoms with Crippen LogP contribution in [0.1, 0.15) is 17.0 Å². The predicted molar refractivity (Wildman–Crippen MR) is 81.0 cm³/mol. The molecule has 0 bridgehead atoms. The van der Waals surface area contributed by atoms with Crippen LogP contribution < -0.4 is 5.56 Å². The van der Waals surface area contributed by atoms with Crippen LogP contribution in [-0.4, -0.2) is 19.7 Å². The number of nitrogens with one attached hydrogen (secondary N) is 1. The van der Waals surface area contributed by atoms with Gasteiger partial charge in [-0.2, -0.15) is 5.10 Å². The molecule has 3 aromatic rings. The summed E-state index contributed by atoms with van der Waals surface area (Å²) in [7, 11) is 1.84. The zero-order valence-electron chi connectivity index (χ0n) is 12.0. The molecular weight excluding hydrogens is 264 g/mol. The van der Waals surface area contributed by atoms with Crippen molar-refractivity contribution in [3.8, 4) is 11.3 Å². The Kier molecular flexibility index (Phi) is 3.39. The van der Waals surface area contributed by atoms with Gasteiger partial charge in [0, 0.05) is 31.3 Å². The van der Waals surface area contributed by atoms with E-state index in [1.165, 1.54) is 11.6 Å². The number of aryl methyl sites for hydroxylation is 2. The zero-order chi connectivity index (χ0) is 14.8. The molecule has 0 atom stereocenters. The summed E-state index contributed by atoms with van der Waals surface area (Å²) < 4.78 is 1.69. The van der Waals surface area contributed by atoms with E-state index in [2.05, 4.69) is 28.1 Å². The van der Waals surface area contributed by atoms with Crippen molar-refractivity contribution in [1.29, 1.82) is 0 Å². The Balaban J connectivity index is 1.99. The lowest BCUT2D eigenvalue weighted by atomic mass is 10.1. The van der Waals surface area contributed by atoms with E-state index in [4.69, 9.17) is 0 Å². The van der Waals surface area contributed by atoms with Gasteiger partial charge in [-0.05, 0) is 18.1 Å². The summed E-state index contributed by atoms with van der Waals surface area (Å²) in [6.07, 6.45) is 4.16. The summed E-state index contributed by atoms with van der Waals surface area (Å²) in [6.45, 7) is 2.05. The SMILES string of the molecule is Cc1ccccc1Cc1nc(-c2cnn(C)c2)cc(=O)[nH]1. The van der Waals surface area contributed by atoms with E-state index in [1.54, 1.807) is 10.9 Å². The lowest BCUT2D eigenvalue weighted by Gasteiger charge is -2.06. The van der Waals surface area contributed by atoms with E-state index in [-0.39, 0.29) is 5.56 Å². The number of aromatic amines is 1. The Labute approximate surface area is 122 Å². The van der Waals surface area contributed by atoms with Crippen molar-refractivity contribution >= 4 is 0 Å². The second kappa shape index (κ2) is 5.36. The first-order chi connectivity index (χ1) is 10.1. The molecule has 0 saturated heterocycles. The van der Waals surface area contributed by atoms with Crippen LogP contribution in [0, 0.1) is 6.92 Å². The molecule has 3 rings (SSSR count). The number of H-pyrrole nitrogens is 1. The van der Waals surface area contributed by atoms with Gasteiger partial charge in [0.05, 0.1) is 11.9 Å². The standard InChI is InChI=1S/C16H16N4O/c1-11-5-3-4-6-12(11)7-15-18-14(8-16(21)19-15)13-9-17-20(2)10-13/h3-6,8-10H,7H2,1-2H3,(H,18,19,21). The van der Waals surface area contributed by atoms with E-state index >= 15 is 0 Å². The number of benzene rings is 1. The van der Waals surface area contributed by atoms with Gasteiger partial charge in [-0.15, -0.1) is 0 Å². The molecule has 5 nitrogen and oxygen atoms in total. The van der Waals surface area contributed by atoms with Crippen molar-refractivity contribution in [2.24, 2.45) is 7.05 Å². The fraction of sp³-hybridized carbons (Fsp3) is 0.188. The topological polar surface area (TPSA) is 63.6 Å². The Bertz CT molecular complexity index is 832. The summed E-state index contributed by atoms with van der Waals surface area (Å²) in [5.74, 6) is 0.663. The zero-order valence-corrected chi connectivity index (χ0v) is 12.0. The minimum Gasteiger partial charge on any atom is -0.310 e. The molecule has 1 aromatic carbocycles. The van der Waals surface area contributed by atoms with Crippen LogP contribution in [0.5, 0.6) is 0 Å². The first-order valence-corrected chi connectivity index (χ1v) is 6.75. The van der Waals surface area contributed by atoms with E-state index in [9.17, 15) is 4.79 Å². The molecule has 0 unspecified atom stereocenters. The molecule has 2 aromatic heterocycles. The molecule has 0 aliphatic carbocycles. The van der Waals surface area contributed by atoms with Gasteiger partial charge in [0.1, 0.15) is 5.82 Å². The van der Waals surface area contributed by atoms with Crippen LogP contribution in [0.25, 0.3) is 11.3 Å². The van der Waals surface area contributed by atoms with Gasteiger partial charge in [0.25, 0.3) is 5.56 Å². The highest BCUT2D eigenvalue weighted by Gasteiger charge is 2.07. The van der Waals surface area contributed by atoms with E-state index in [0.29, 0.717) is 17.9 Å². The maximum atomic E-state index is 11.8. The number of hydrogen-bond acceptors (Lipinski definition) is 3. The first-order valence-electron chi connectivity index (χ1n) is 6.75. The van der Waals surface area contributed by atoms with Crippen LogP contribution in [0.4, 0.5) is 0 Å². The normalized spacial score (nSPS) is 10.8. The average molecular weight is 280 g/mol. The summed E-state index contributed by atoms with van der Waals surface area (Å²) in [6, 6.07) is 9.59. The molecule has 21 heavy (non-hydrogen) atoms. The van der Waals surface area contributed by atoms with Crippen LogP contribution in [-0.2, 0) is 13.5 Å². The van der Waals surface area contributed by atoms with Gasteiger partial charge in [-0.25, -0.2) is 4.98 Å². The quantitative estimate of drug-likeness (QED) is 0.799. The van der Waals surface area contributed by atoms with Crippen molar-refractivity contribution in [3.63, 3.8) is 0 Å². The molecule has 0 fully saturated rings. The molecule has 0 saturated carbocycles. The minimum absolute atomic E-state index is 0.146. The summed E-state index contributed by atoms with van der Waals surface area (Å²) in [5, 5.41) is 4.11. The molecule has 0 spiro atoms. The van der Waals surface area contributed by atoms with E-state index in [1.807, 2.05) is 31.4 Å². The Morgan fingerprint density at radius 2 is 2.10 bits per heavy atom. The third kappa shape index (κ3) is 2.91. The highest BCUT2D eigenvalue weighted by molar-refractivity contribution is 5.56. The van der Waals surface area contributed by atoms with Crippen LogP contribution in [0.3, 0.4) is 0 Å². The number of hydrogen-bond donors (Lipinski definition) is 1. The third-order valence-electron chi connectivity index (χ3n) is 3.41. The van der Waals surface area contributed by atoms with Crippen molar-refractivity contribution in [2.45, 2.75) is 13.3 Å². The lowest BCUT2D eigenvalue weighted by Crippen LogP contribution is -2.11. The molecule has 0 radical (unpaired) electrons. The molecule has 0 amide bonds. The molecular formula is C16H16N4O. The number of aromatic nitrogens is 4. The fourth-order valence-electron chi connectivity index (χ4n) is 2.28. The van der Waals surface area contributed by atoms with E-state index in [0.717, 1.165) is 11.1 Å². The van der Waals surface area contributed by atoms with Crippen LogP contribution in [0.2, 0.25) is 0 Å². The Hall–Kier alpha value is -2.69. The Morgan fingerprint density at radius 3 is 2.81 bits per heavy atom. The minimum atomic E-state index is -0.146. The van der Waals surface area contributed by atoms with Crippen LogP contribution >= 0.6 is 0 Å². The smallest absolute Gasteiger partial charge is 0.251 e. The van der Waals surface area contributed by atoms with Crippen molar-refractivity contribution in [3.05, 3.63) is 70.0 Å². The summed E-state index contributed by atoms with van der Waals surface area (Å²) in [5.41, 5.74) is 3.69. The lowest BCUT2D eigenvalue weighted by molar-refractivity contribution is 0.768. The van der Waals surface area contributed by atoms with E-state index < -0.39 is 0 Å². The van der Waals surface area contributed by atoms with Gasteiger partial charge in [-0.1, -0.05) is 24.3 Å². The highest BCUT2D eigenvalue weighted by atomic mass is 16.1. The summed E-state index contributed by atoms with van der Waals surface area (Å²) >= 11 is 0. The molecule has 2 heterocycles. The van der Waals surface area contributed by atoms with Crippen molar-refractivity contribution < 1.29 is 0 Å². The van der Waals surface area contributed by atoms with Gasteiger partial charge in [-0.3, -0.25) is 9.48 Å². The summed E-state index contributed by atoms with van der Waals surface area (Å²) in [4.78, 5) is 19.2. The average Bonchev–Trinajstić information content (AvgIpc) is 2.88. The molecule has 0 aliphatic rings. The van der Waals surface area contributed by atoms with Crippen molar-refractivity contribution in [2.75, 3.05) is 0 Å². The largest absolute Gasteiger partial charge is 0.310 e. The molecule has 1 N–H and O–H groups in total. The molecule has 0 aliphatic heterocycles. The van der Waals surface area contributed by atoms with Crippen molar-refractivity contribution in [1.82, 2.24) is 19.7 Å². The highest BCUT2D eigenvalue weighted by Crippen LogP contribution is 2.15. The van der Waals surface area contributed by atoms with Gasteiger partial charge in [0.2, 0.25) is 0 Å². The second-order valence-corrected chi connectivity index (χ2v) is 5.08. The van der Waals surface area contributed by atoms with Gasteiger partial charge >= 0.3 is 0 Å². The molecule has 106 valence electrons. The Morgan fingerprint density at radius 1 is 1.29 bits per heavy atom. The first kappa shape index (κ1) is 13.3. The van der Waals surface area contributed by atoms with Gasteiger partial charge in [0.15, 0.2) is 0 Å². The number of nitrogens with zero attached hydrogens (tertiary/aromatic N) is 3. The monoisotopic (exact) mass is 280 g/mol. The fourth-order valence-corrected chi connectivity index (χ4v) is 2.28. The van der Waals surface area contributed by atoms with Gasteiger partial charge < -0.3 is 4.98 Å². The predicted octanol–water partition coefficient (Wildman–Crippen LogP) is 2.07. The number of rotatable bonds is 3. The second-order valence-electron chi connectivity index (χ2n) is 5.08. The maximum Gasteiger partial charge on any atom is 0.251 e. The van der Waals surface area contributed by atoms with Crippen LogP contribution in [0.15, 0.2) is 47.5 Å². The maximum absolute atomic E-state index is 11.8. The third-order valence-corrected chi connectivity index (χ3v) is 3.41.